The highest BCUT2D eigenvalue weighted by Gasteiger charge is 2.20. The van der Waals surface area contributed by atoms with E-state index in [1.807, 2.05) is 0 Å². The molecule has 1 aliphatic rings. The molecule has 0 amide bonds. The zero-order chi connectivity index (χ0) is 8.10. The predicted molar refractivity (Wildman–Crippen MR) is 49.4 cm³/mol. The summed E-state index contributed by atoms with van der Waals surface area (Å²) in [7, 11) is 0. The second-order valence-electron chi connectivity index (χ2n) is 3.59. The van der Waals surface area contributed by atoms with Crippen LogP contribution in [0.2, 0.25) is 0 Å². The summed E-state index contributed by atoms with van der Waals surface area (Å²) in [6.07, 6.45) is 10.8. The lowest BCUT2D eigenvalue weighted by Crippen LogP contribution is -2.14. The molecule has 2 N–H and O–H groups in total. The minimum atomic E-state index is 0.505. The first-order valence-corrected chi connectivity index (χ1v) is 4.69. The standard InChI is InChI=1S/C10H19N/c1-2-3-4-5-9-6-7-10(11)8-9/h2-3,9-10H,4-8,11H2,1H3. The first-order valence-electron chi connectivity index (χ1n) is 4.69. The summed E-state index contributed by atoms with van der Waals surface area (Å²) in [4.78, 5) is 0. The fraction of sp³-hybridized carbons (Fsp3) is 0.800. The summed E-state index contributed by atoms with van der Waals surface area (Å²) in [5, 5.41) is 0. The fourth-order valence-corrected chi connectivity index (χ4v) is 1.87. The Morgan fingerprint density at radius 2 is 2.27 bits per heavy atom. The Morgan fingerprint density at radius 1 is 1.45 bits per heavy atom. The predicted octanol–water partition coefficient (Wildman–Crippen LogP) is 2.47. The van der Waals surface area contributed by atoms with Gasteiger partial charge in [-0.15, -0.1) is 0 Å². The summed E-state index contributed by atoms with van der Waals surface area (Å²) in [6.45, 7) is 2.08. The molecule has 0 aromatic rings. The van der Waals surface area contributed by atoms with E-state index in [1.54, 1.807) is 0 Å². The molecule has 0 spiro atoms. The fourth-order valence-electron chi connectivity index (χ4n) is 1.87. The molecule has 0 saturated heterocycles. The molecule has 0 radical (unpaired) electrons. The summed E-state index contributed by atoms with van der Waals surface area (Å²) in [6, 6.07) is 0.505. The van der Waals surface area contributed by atoms with Crippen molar-refractivity contribution < 1.29 is 0 Å². The molecular weight excluding hydrogens is 134 g/mol. The van der Waals surface area contributed by atoms with E-state index < -0.39 is 0 Å². The first-order chi connectivity index (χ1) is 5.33. The second-order valence-corrected chi connectivity index (χ2v) is 3.59. The second kappa shape index (κ2) is 4.55. The Bertz CT molecular complexity index is 129. The highest BCUT2D eigenvalue weighted by molar-refractivity contribution is 4.82. The number of allylic oxidation sites excluding steroid dienone is 2. The van der Waals surface area contributed by atoms with Crippen molar-refractivity contribution in [3.05, 3.63) is 12.2 Å². The molecule has 1 nitrogen and oxygen atoms in total. The SMILES string of the molecule is CC=CCCC1CCC(N)C1. The number of hydrogen-bond acceptors (Lipinski definition) is 1. The molecule has 1 aliphatic carbocycles. The van der Waals surface area contributed by atoms with Gasteiger partial charge < -0.3 is 5.73 Å². The molecule has 11 heavy (non-hydrogen) atoms. The Kier molecular flexibility index (Phi) is 3.64. The van der Waals surface area contributed by atoms with Gasteiger partial charge in [0.15, 0.2) is 0 Å². The normalized spacial score (nSPS) is 31.8. The van der Waals surface area contributed by atoms with Gasteiger partial charge in [-0.25, -0.2) is 0 Å². The highest BCUT2D eigenvalue weighted by Crippen LogP contribution is 2.27. The third-order valence-corrected chi connectivity index (χ3v) is 2.56. The van der Waals surface area contributed by atoms with Crippen LogP contribution in [0.25, 0.3) is 0 Å². The molecule has 1 heteroatoms. The molecule has 2 atom stereocenters. The third-order valence-electron chi connectivity index (χ3n) is 2.56. The van der Waals surface area contributed by atoms with Crippen LogP contribution < -0.4 is 5.73 Å². The van der Waals surface area contributed by atoms with Gasteiger partial charge in [-0.05, 0) is 44.9 Å². The lowest BCUT2D eigenvalue weighted by atomic mass is 10.0. The van der Waals surface area contributed by atoms with Gasteiger partial charge in [-0.1, -0.05) is 12.2 Å². The average Bonchev–Trinajstić information content (AvgIpc) is 2.37. The van der Waals surface area contributed by atoms with Crippen molar-refractivity contribution in [2.24, 2.45) is 11.7 Å². The average molecular weight is 153 g/mol. The molecule has 1 rings (SSSR count). The zero-order valence-corrected chi connectivity index (χ0v) is 7.42. The van der Waals surface area contributed by atoms with E-state index in [1.165, 1.54) is 32.1 Å². The number of rotatable bonds is 3. The maximum absolute atomic E-state index is 5.81. The van der Waals surface area contributed by atoms with E-state index in [9.17, 15) is 0 Å². The van der Waals surface area contributed by atoms with Crippen LogP contribution in [0.15, 0.2) is 12.2 Å². The van der Waals surface area contributed by atoms with Crippen molar-refractivity contribution in [1.29, 1.82) is 0 Å². The lowest BCUT2D eigenvalue weighted by molar-refractivity contribution is 0.500. The molecule has 2 unspecified atom stereocenters. The Hall–Kier alpha value is -0.300. The minimum absolute atomic E-state index is 0.505. The smallest absolute Gasteiger partial charge is 0.00415 e. The van der Waals surface area contributed by atoms with Crippen LogP contribution in [0.3, 0.4) is 0 Å². The van der Waals surface area contributed by atoms with Crippen molar-refractivity contribution in [1.82, 2.24) is 0 Å². The van der Waals surface area contributed by atoms with E-state index in [0.717, 1.165) is 5.92 Å². The van der Waals surface area contributed by atoms with Crippen LogP contribution in [0.1, 0.15) is 39.0 Å². The van der Waals surface area contributed by atoms with Crippen LogP contribution in [0, 0.1) is 5.92 Å². The van der Waals surface area contributed by atoms with Gasteiger partial charge in [-0.3, -0.25) is 0 Å². The topological polar surface area (TPSA) is 26.0 Å². The molecule has 0 bridgehead atoms. The van der Waals surface area contributed by atoms with Crippen molar-refractivity contribution >= 4 is 0 Å². The van der Waals surface area contributed by atoms with Crippen LogP contribution >= 0.6 is 0 Å². The maximum atomic E-state index is 5.81. The van der Waals surface area contributed by atoms with Gasteiger partial charge in [0.2, 0.25) is 0 Å². The molecule has 0 heterocycles. The van der Waals surface area contributed by atoms with Gasteiger partial charge in [0.1, 0.15) is 0 Å². The Morgan fingerprint density at radius 3 is 2.82 bits per heavy atom. The summed E-state index contributed by atoms with van der Waals surface area (Å²) < 4.78 is 0. The molecular formula is C10H19N. The third kappa shape index (κ3) is 3.06. The van der Waals surface area contributed by atoms with E-state index in [4.69, 9.17) is 5.73 Å². The molecule has 1 saturated carbocycles. The quantitative estimate of drug-likeness (QED) is 0.619. The van der Waals surface area contributed by atoms with E-state index in [0.29, 0.717) is 6.04 Å². The molecule has 1 fully saturated rings. The van der Waals surface area contributed by atoms with Gasteiger partial charge in [-0.2, -0.15) is 0 Å². The van der Waals surface area contributed by atoms with Gasteiger partial charge >= 0.3 is 0 Å². The zero-order valence-electron chi connectivity index (χ0n) is 7.42. The van der Waals surface area contributed by atoms with Crippen molar-refractivity contribution in [3.8, 4) is 0 Å². The molecule has 64 valence electrons. The van der Waals surface area contributed by atoms with Crippen molar-refractivity contribution in [2.45, 2.75) is 45.1 Å². The summed E-state index contributed by atoms with van der Waals surface area (Å²) in [5.41, 5.74) is 5.81. The Balaban J connectivity index is 2.08. The van der Waals surface area contributed by atoms with Crippen LogP contribution in [0.4, 0.5) is 0 Å². The first kappa shape index (κ1) is 8.79. The number of nitrogens with two attached hydrogens (primary N) is 1. The van der Waals surface area contributed by atoms with Crippen molar-refractivity contribution in [2.75, 3.05) is 0 Å². The summed E-state index contributed by atoms with van der Waals surface area (Å²) >= 11 is 0. The van der Waals surface area contributed by atoms with Gasteiger partial charge in [0.25, 0.3) is 0 Å². The molecule has 0 aromatic carbocycles. The maximum Gasteiger partial charge on any atom is 0.00415 e. The Labute approximate surface area is 69.7 Å². The van der Waals surface area contributed by atoms with Crippen molar-refractivity contribution in [3.63, 3.8) is 0 Å². The monoisotopic (exact) mass is 153 g/mol. The highest BCUT2D eigenvalue weighted by atomic mass is 14.6. The largest absolute Gasteiger partial charge is 0.328 e. The van der Waals surface area contributed by atoms with Crippen LogP contribution in [-0.2, 0) is 0 Å². The van der Waals surface area contributed by atoms with E-state index in [-0.39, 0.29) is 0 Å². The van der Waals surface area contributed by atoms with E-state index >= 15 is 0 Å². The minimum Gasteiger partial charge on any atom is -0.328 e. The van der Waals surface area contributed by atoms with Crippen LogP contribution in [0.5, 0.6) is 0 Å². The van der Waals surface area contributed by atoms with E-state index in [2.05, 4.69) is 19.1 Å². The molecule has 0 aliphatic heterocycles. The van der Waals surface area contributed by atoms with Gasteiger partial charge in [0.05, 0.1) is 0 Å². The lowest BCUT2D eigenvalue weighted by Gasteiger charge is -2.05. The summed E-state index contributed by atoms with van der Waals surface area (Å²) in [5.74, 6) is 0.918. The molecule has 0 aromatic heterocycles. The number of hydrogen-bond donors (Lipinski definition) is 1. The van der Waals surface area contributed by atoms with Gasteiger partial charge in [0, 0.05) is 6.04 Å². The van der Waals surface area contributed by atoms with Crippen LogP contribution in [-0.4, -0.2) is 6.04 Å².